The molecule has 1 heterocycles. The van der Waals surface area contributed by atoms with Gasteiger partial charge in [-0.15, -0.1) is 0 Å². The van der Waals surface area contributed by atoms with E-state index in [2.05, 4.69) is 10.6 Å². The van der Waals surface area contributed by atoms with Crippen molar-refractivity contribution in [2.75, 3.05) is 5.32 Å². The van der Waals surface area contributed by atoms with Crippen molar-refractivity contribution in [2.24, 2.45) is 17.6 Å². The number of hydrogen-bond acceptors (Lipinski definition) is 4. The summed E-state index contributed by atoms with van der Waals surface area (Å²) < 4.78 is 5.10. The lowest BCUT2D eigenvalue weighted by atomic mass is 9.67. The fourth-order valence-corrected chi connectivity index (χ4v) is 4.60. The predicted octanol–water partition coefficient (Wildman–Crippen LogP) is 3.17. The molecule has 27 heavy (non-hydrogen) atoms. The minimum Gasteiger partial charge on any atom is -0.459 e. The van der Waals surface area contributed by atoms with Gasteiger partial charge in [-0.05, 0) is 67.9 Å². The van der Waals surface area contributed by atoms with E-state index in [4.69, 9.17) is 10.2 Å². The summed E-state index contributed by atoms with van der Waals surface area (Å²) >= 11 is 0. The molecule has 4 rings (SSSR count). The second-order valence-electron chi connectivity index (χ2n) is 7.69. The van der Waals surface area contributed by atoms with Gasteiger partial charge in [0.1, 0.15) is 0 Å². The van der Waals surface area contributed by atoms with Crippen LogP contribution in [0.3, 0.4) is 0 Å². The molecule has 2 fully saturated rings. The van der Waals surface area contributed by atoms with Gasteiger partial charge in [-0.2, -0.15) is 0 Å². The van der Waals surface area contributed by atoms with Crippen LogP contribution in [-0.2, 0) is 0 Å². The molecule has 4 N–H and O–H groups in total. The lowest BCUT2D eigenvalue weighted by molar-refractivity contribution is 0.0756. The van der Waals surface area contributed by atoms with Crippen LogP contribution < -0.4 is 16.4 Å². The summed E-state index contributed by atoms with van der Waals surface area (Å²) in [7, 11) is 0. The van der Waals surface area contributed by atoms with Crippen LogP contribution >= 0.6 is 0 Å². The molecule has 0 radical (unpaired) electrons. The van der Waals surface area contributed by atoms with Crippen LogP contribution in [0.2, 0.25) is 0 Å². The van der Waals surface area contributed by atoms with Gasteiger partial charge in [0.05, 0.1) is 6.26 Å². The topological polar surface area (TPSA) is 97.4 Å². The largest absolute Gasteiger partial charge is 0.459 e. The number of rotatable bonds is 4. The Labute approximate surface area is 158 Å². The molecular formula is C21H25N3O3. The fourth-order valence-electron chi connectivity index (χ4n) is 4.60. The van der Waals surface area contributed by atoms with Crippen molar-refractivity contribution < 1.29 is 14.0 Å². The number of nitrogens with two attached hydrogens (primary N) is 1. The molecule has 0 spiro atoms. The molecule has 6 nitrogen and oxygen atoms in total. The number of carbonyl (C=O) groups is 2. The summed E-state index contributed by atoms with van der Waals surface area (Å²) in [5, 5.41) is 6.00. The van der Waals surface area contributed by atoms with E-state index in [1.54, 1.807) is 36.4 Å². The average molecular weight is 367 g/mol. The molecule has 6 heteroatoms. The molecule has 2 aromatic rings. The Kier molecular flexibility index (Phi) is 4.99. The zero-order valence-electron chi connectivity index (χ0n) is 15.2. The predicted molar refractivity (Wildman–Crippen MR) is 102 cm³/mol. The lowest BCUT2D eigenvalue weighted by Crippen LogP contribution is -2.53. The highest BCUT2D eigenvalue weighted by atomic mass is 16.3. The lowest BCUT2D eigenvalue weighted by Gasteiger charge is -2.45. The molecule has 2 unspecified atom stereocenters. The maximum absolute atomic E-state index is 12.8. The minimum atomic E-state index is -0.339. The monoisotopic (exact) mass is 367 g/mol. The highest BCUT2D eigenvalue weighted by molar-refractivity contribution is 6.03. The highest BCUT2D eigenvalue weighted by Crippen LogP contribution is 2.39. The molecule has 2 amide bonds. The fraction of sp³-hybridized carbons (Fsp3) is 0.429. The zero-order valence-corrected chi connectivity index (χ0v) is 15.2. The van der Waals surface area contributed by atoms with Gasteiger partial charge < -0.3 is 20.8 Å². The number of hydrogen-bond donors (Lipinski definition) is 3. The third-order valence-electron chi connectivity index (χ3n) is 5.80. The molecule has 1 aromatic heterocycles. The van der Waals surface area contributed by atoms with Crippen LogP contribution in [-0.4, -0.2) is 23.9 Å². The van der Waals surface area contributed by atoms with Gasteiger partial charge in [-0.1, -0.05) is 12.5 Å². The van der Waals surface area contributed by atoms with Crippen molar-refractivity contribution in [3.05, 3.63) is 54.0 Å². The van der Waals surface area contributed by atoms with Gasteiger partial charge in [-0.3, -0.25) is 9.59 Å². The zero-order chi connectivity index (χ0) is 18.8. The number of fused-ring (bicyclic) bond motifs is 2. The molecule has 2 aliphatic carbocycles. The van der Waals surface area contributed by atoms with Crippen molar-refractivity contribution in [1.82, 2.24) is 5.32 Å². The van der Waals surface area contributed by atoms with E-state index in [-0.39, 0.29) is 29.7 Å². The molecule has 2 saturated carbocycles. The average Bonchev–Trinajstić information content (AvgIpc) is 3.17. The van der Waals surface area contributed by atoms with Crippen molar-refractivity contribution in [1.29, 1.82) is 0 Å². The van der Waals surface area contributed by atoms with E-state index in [1.165, 1.54) is 12.7 Å². The SMILES string of the molecule is NC1CC2CCCC(C1)C2NC(=O)c1cccc(NC(=O)c2ccco2)c1. The molecular weight excluding hydrogens is 342 g/mol. The van der Waals surface area contributed by atoms with E-state index in [1.807, 2.05) is 0 Å². The maximum atomic E-state index is 12.8. The van der Waals surface area contributed by atoms with E-state index in [9.17, 15) is 9.59 Å². The Morgan fingerprint density at radius 2 is 1.81 bits per heavy atom. The Hall–Kier alpha value is -2.60. The van der Waals surface area contributed by atoms with Gasteiger partial charge in [-0.25, -0.2) is 0 Å². The third-order valence-corrected chi connectivity index (χ3v) is 5.80. The van der Waals surface area contributed by atoms with E-state index in [0.717, 1.165) is 25.7 Å². The molecule has 2 bridgehead atoms. The van der Waals surface area contributed by atoms with Crippen molar-refractivity contribution in [3.63, 3.8) is 0 Å². The van der Waals surface area contributed by atoms with E-state index < -0.39 is 0 Å². The first-order valence-corrected chi connectivity index (χ1v) is 9.61. The van der Waals surface area contributed by atoms with Crippen LogP contribution in [0.1, 0.15) is 53.0 Å². The van der Waals surface area contributed by atoms with Crippen LogP contribution in [0.15, 0.2) is 47.1 Å². The third kappa shape index (κ3) is 3.90. The van der Waals surface area contributed by atoms with Crippen LogP contribution in [0.4, 0.5) is 5.69 Å². The van der Waals surface area contributed by atoms with Crippen LogP contribution in [0.5, 0.6) is 0 Å². The van der Waals surface area contributed by atoms with Gasteiger partial charge in [0.2, 0.25) is 0 Å². The molecule has 2 aliphatic rings. The standard InChI is InChI=1S/C21H25N3O3/c22-16-10-13-4-1-5-14(11-16)19(13)24-20(25)15-6-2-7-17(12-15)23-21(26)18-8-3-9-27-18/h2-3,6-9,12-14,16,19H,1,4-5,10-11,22H2,(H,23,26)(H,24,25). The Morgan fingerprint density at radius 3 is 2.52 bits per heavy atom. The minimum absolute atomic E-state index is 0.0959. The number of benzene rings is 1. The number of carbonyl (C=O) groups excluding carboxylic acids is 2. The summed E-state index contributed by atoms with van der Waals surface area (Å²) in [5.74, 6) is 0.739. The summed E-state index contributed by atoms with van der Waals surface area (Å²) in [6.07, 6.45) is 6.92. The number of amides is 2. The maximum Gasteiger partial charge on any atom is 0.291 e. The highest BCUT2D eigenvalue weighted by Gasteiger charge is 2.39. The van der Waals surface area contributed by atoms with Crippen molar-refractivity contribution in [2.45, 2.75) is 44.2 Å². The number of furan rings is 1. The molecule has 0 aliphatic heterocycles. The molecule has 142 valence electrons. The van der Waals surface area contributed by atoms with E-state index in [0.29, 0.717) is 23.1 Å². The van der Waals surface area contributed by atoms with Crippen molar-refractivity contribution >= 4 is 17.5 Å². The van der Waals surface area contributed by atoms with Gasteiger partial charge in [0.15, 0.2) is 5.76 Å². The van der Waals surface area contributed by atoms with Crippen LogP contribution in [0.25, 0.3) is 0 Å². The normalized spacial score (nSPS) is 27.0. The first-order valence-electron chi connectivity index (χ1n) is 9.61. The van der Waals surface area contributed by atoms with Gasteiger partial charge in [0, 0.05) is 23.3 Å². The molecule has 0 saturated heterocycles. The van der Waals surface area contributed by atoms with E-state index >= 15 is 0 Å². The molecule has 1 aromatic carbocycles. The Morgan fingerprint density at radius 1 is 1.04 bits per heavy atom. The van der Waals surface area contributed by atoms with Gasteiger partial charge >= 0.3 is 0 Å². The number of nitrogens with one attached hydrogen (secondary N) is 2. The smallest absolute Gasteiger partial charge is 0.291 e. The second kappa shape index (κ2) is 7.56. The first-order chi connectivity index (χ1) is 13.1. The summed E-state index contributed by atoms with van der Waals surface area (Å²) in [5.41, 5.74) is 7.28. The first kappa shape index (κ1) is 17.8. The summed E-state index contributed by atoms with van der Waals surface area (Å²) in [6, 6.07) is 10.7. The Balaban J connectivity index is 1.44. The number of anilines is 1. The second-order valence-corrected chi connectivity index (χ2v) is 7.69. The van der Waals surface area contributed by atoms with Gasteiger partial charge in [0.25, 0.3) is 11.8 Å². The quantitative estimate of drug-likeness (QED) is 0.773. The van der Waals surface area contributed by atoms with Crippen molar-refractivity contribution in [3.8, 4) is 0 Å². The molecule has 2 atom stereocenters. The summed E-state index contributed by atoms with van der Waals surface area (Å²) in [4.78, 5) is 24.9. The Bertz CT molecular complexity index is 804. The summed E-state index contributed by atoms with van der Waals surface area (Å²) in [6.45, 7) is 0. The van der Waals surface area contributed by atoms with Crippen LogP contribution in [0, 0.1) is 11.8 Å².